The number of anilines is 1. The molecule has 2 aliphatic heterocycles. The Morgan fingerprint density at radius 3 is 2.16 bits per heavy atom. The first kappa shape index (κ1) is 29.9. The highest BCUT2D eigenvalue weighted by atomic mass is 35.5. The maximum atomic E-state index is 13.1. The van der Waals surface area contributed by atoms with Gasteiger partial charge in [0.25, 0.3) is 11.8 Å². The fourth-order valence-electron chi connectivity index (χ4n) is 4.86. The van der Waals surface area contributed by atoms with Gasteiger partial charge in [-0.15, -0.1) is 0 Å². The van der Waals surface area contributed by atoms with Gasteiger partial charge >= 0.3 is 0 Å². The minimum absolute atomic E-state index is 0. The molecular formula is C26H33Cl3N4O3S. The number of nitrogens with one attached hydrogen (secondary N) is 1. The van der Waals surface area contributed by atoms with Gasteiger partial charge < -0.3 is 20.2 Å². The van der Waals surface area contributed by atoms with E-state index in [-0.39, 0.29) is 25.3 Å². The second-order valence-electron chi connectivity index (χ2n) is 9.94. The molecule has 11 heteroatoms. The van der Waals surface area contributed by atoms with Crippen LogP contribution in [0.5, 0.6) is 0 Å². The van der Waals surface area contributed by atoms with E-state index in [0.29, 0.717) is 51.4 Å². The van der Waals surface area contributed by atoms with Crippen LogP contribution >= 0.6 is 48.3 Å². The minimum Gasteiger partial charge on any atom is -0.380 e. The Bertz CT molecular complexity index is 1130. The number of carbonyl (C=O) groups excluding carboxylic acids is 2. The van der Waals surface area contributed by atoms with Gasteiger partial charge in [0.1, 0.15) is 0 Å². The molecule has 2 heterocycles. The highest BCUT2D eigenvalue weighted by Gasteiger charge is 2.40. The summed E-state index contributed by atoms with van der Waals surface area (Å²) < 4.78 is 0. The molecule has 1 atom stereocenters. The summed E-state index contributed by atoms with van der Waals surface area (Å²) in [7, 11) is 3.40. The zero-order chi connectivity index (χ0) is 26.2. The molecule has 2 aromatic carbocycles. The molecule has 2 amide bonds. The van der Waals surface area contributed by atoms with Crippen LogP contribution in [-0.2, 0) is 10.4 Å². The van der Waals surface area contributed by atoms with E-state index < -0.39 is 5.60 Å². The summed E-state index contributed by atoms with van der Waals surface area (Å²) in [6.45, 7) is 4.45. The van der Waals surface area contributed by atoms with Gasteiger partial charge in [0, 0.05) is 62.0 Å². The number of likely N-dealkylation sites (tertiary alicyclic amines) is 2. The van der Waals surface area contributed by atoms with Crippen molar-refractivity contribution < 1.29 is 14.7 Å². The molecule has 0 saturated carbocycles. The van der Waals surface area contributed by atoms with E-state index in [1.54, 1.807) is 49.3 Å². The molecule has 0 spiro atoms. The molecule has 2 saturated heterocycles. The number of carbonyl (C=O) groups is 2. The quantitative estimate of drug-likeness (QED) is 0.522. The molecule has 7 nitrogen and oxygen atoms in total. The average molecular weight is 588 g/mol. The van der Waals surface area contributed by atoms with Gasteiger partial charge in [0.15, 0.2) is 5.60 Å². The van der Waals surface area contributed by atoms with Crippen molar-refractivity contribution >= 4 is 65.8 Å². The zero-order valence-corrected chi connectivity index (χ0v) is 24.4. The van der Waals surface area contributed by atoms with E-state index in [4.69, 9.17) is 34.8 Å². The van der Waals surface area contributed by atoms with Gasteiger partial charge in [-0.2, -0.15) is 13.5 Å². The van der Waals surface area contributed by atoms with Crippen molar-refractivity contribution in [1.29, 1.82) is 0 Å². The van der Waals surface area contributed by atoms with Crippen LogP contribution < -0.4 is 5.32 Å². The molecule has 202 valence electrons. The molecule has 2 aliphatic rings. The predicted octanol–water partition coefficient (Wildman–Crippen LogP) is 4.46. The predicted molar refractivity (Wildman–Crippen MR) is 154 cm³/mol. The largest absolute Gasteiger partial charge is 0.380 e. The number of amides is 2. The fourth-order valence-corrected chi connectivity index (χ4v) is 5.64. The Morgan fingerprint density at radius 2 is 1.62 bits per heavy atom. The Balaban J connectivity index is 0.00000380. The van der Waals surface area contributed by atoms with Crippen LogP contribution in [0, 0.1) is 0 Å². The molecule has 2 N–H and O–H groups in total. The average Bonchev–Trinajstić information content (AvgIpc) is 2.79. The lowest BCUT2D eigenvalue weighted by molar-refractivity contribution is -0.152. The van der Waals surface area contributed by atoms with Crippen molar-refractivity contribution in [3.63, 3.8) is 0 Å². The minimum atomic E-state index is -1.69. The van der Waals surface area contributed by atoms with Gasteiger partial charge in [-0.05, 0) is 61.7 Å². The normalized spacial score (nSPS) is 18.4. The molecule has 0 bridgehead atoms. The fraction of sp³-hybridized carbons (Fsp3) is 0.462. The Labute approximate surface area is 240 Å². The van der Waals surface area contributed by atoms with Crippen molar-refractivity contribution in [3.8, 4) is 0 Å². The molecule has 2 aromatic rings. The highest BCUT2D eigenvalue weighted by Crippen LogP contribution is 2.31. The van der Waals surface area contributed by atoms with Crippen molar-refractivity contribution in [2.45, 2.75) is 37.5 Å². The summed E-state index contributed by atoms with van der Waals surface area (Å²) in [5.41, 5.74) is 0.0779. The third-order valence-corrected chi connectivity index (χ3v) is 7.74. The Kier molecular flexibility index (Phi) is 9.70. The van der Waals surface area contributed by atoms with E-state index in [0.717, 1.165) is 31.6 Å². The van der Waals surface area contributed by atoms with E-state index in [1.165, 1.54) is 11.8 Å². The van der Waals surface area contributed by atoms with Gasteiger partial charge in [-0.1, -0.05) is 34.8 Å². The lowest BCUT2D eigenvalue weighted by Crippen LogP contribution is -2.61. The summed E-state index contributed by atoms with van der Waals surface area (Å²) in [6, 6.07) is 10.8. The van der Waals surface area contributed by atoms with E-state index in [1.807, 2.05) is 6.07 Å². The summed E-state index contributed by atoms with van der Waals surface area (Å²) in [6.07, 6.45) is 1.69. The van der Waals surface area contributed by atoms with Gasteiger partial charge in [0.2, 0.25) is 0 Å². The van der Waals surface area contributed by atoms with E-state index in [9.17, 15) is 14.7 Å². The Morgan fingerprint density at radius 1 is 1.03 bits per heavy atom. The smallest absolute Gasteiger partial charge is 0.258 e. The van der Waals surface area contributed by atoms with Crippen molar-refractivity contribution in [1.82, 2.24) is 14.7 Å². The van der Waals surface area contributed by atoms with Crippen LogP contribution in [0.2, 0.25) is 15.1 Å². The summed E-state index contributed by atoms with van der Waals surface area (Å²) in [5.74, 6) is -0.459. The first-order chi connectivity index (χ1) is 17.0. The van der Waals surface area contributed by atoms with Gasteiger partial charge in [-0.25, -0.2) is 0 Å². The van der Waals surface area contributed by atoms with Crippen LogP contribution in [0.25, 0.3) is 0 Å². The van der Waals surface area contributed by atoms with Crippen LogP contribution in [-0.4, -0.2) is 84.0 Å². The second-order valence-corrected chi connectivity index (χ2v) is 11.2. The number of benzene rings is 2. The summed E-state index contributed by atoms with van der Waals surface area (Å²) >= 11 is 18.5. The number of piperidine rings is 1. The monoisotopic (exact) mass is 586 g/mol. The topological polar surface area (TPSA) is 76.1 Å². The maximum absolute atomic E-state index is 13.1. The number of hydrogen-bond acceptors (Lipinski definition) is 5. The van der Waals surface area contributed by atoms with Crippen LogP contribution in [0.3, 0.4) is 0 Å². The van der Waals surface area contributed by atoms with Crippen molar-refractivity contribution in [3.05, 3.63) is 62.6 Å². The van der Waals surface area contributed by atoms with Gasteiger partial charge in [0.05, 0.1) is 16.6 Å². The lowest BCUT2D eigenvalue weighted by Gasteiger charge is -2.48. The molecule has 0 aliphatic carbocycles. The number of rotatable bonds is 6. The first-order valence-corrected chi connectivity index (χ1v) is 13.1. The molecule has 0 aromatic heterocycles. The zero-order valence-electron chi connectivity index (χ0n) is 21.1. The highest BCUT2D eigenvalue weighted by molar-refractivity contribution is 7.59. The third kappa shape index (κ3) is 6.67. The summed E-state index contributed by atoms with van der Waals surface area (Å²) in [5, 5.41) is 15.7. The number of nitrogens with zero attached hydrogens (tertiary/aromatic N) is 3. The number of hydrogen-bond donors (Lipinski definition) is 2. The van der Waals surface area contributed by atoms with Crippen LogP contribution in [0.15, 0.2) is 36.4 Å². The van der Waals surface area contributed by atoms with E-state index in [2.05, 4.69) is 10.2 Å². The molecule has 4 rings (SSSR count). The first-order valence-electron chi connectivity index (χ1n) is 12.0. The maximum Gasteiger partial charge on any atom is 0.258 e. The molecule has 0 radical (unpaired) electrons. The van der Waals surface area contributed by atoms with E-state index >= 15 is 0 Å². The third-order valence-electron chi connectivity index (χ3n) is 7.00. The van der Waals surface area contributed by atoms with Crippen molar-refractivity contribution in [2.75, 3.05) is 45.6 Å². The molecular weight excluding hydrogens is 555 g/mol. The second kappa shape index (κ2) is 12.0. The lowest BCUT2D eigenvalue weighted by atomic mass is 9.92. The SMILES string of the molecule is CN(C)C(=O)c1ccc(NC2CN(C3CCN(C(=O)[C@@](C)(O)c4cc(Cl)cc(Cl)c4)CC3)C2)cc1Cl.S. The number of aliphatic hydroxyl groups is 1. The van der Waals surface area contributed by atoms with Crippen LogP contribution in [0.1, 0.15) is 35.7 Å². The molecule has 0 unspecified atom stereocenters. The Hall–Kier alpha value is -1.68. The van der Waals surface area contributed by atoms with Gasteiger partial charge in [-0.3, -0.25) is 14.5 Å². The number of halogens is 3. The summed E-state index contributed by atoms with van der Waals surface area (Å²) in [4.78, 5) is 30.9. The standard InChI is InChI=1S/C26H31Cl3N4O3.H2S/c1-26(36,16-10-17(27)12-18(28)11-16)25(35)32-8-6-21(7-9-32)33-14-20(15-33)30-19-4-5-22(23(29)13-19)24(34)31(2)3;/h4-5,10-13,20-21,30,36H,6-9,14-15H2,1-3H3;1H2/t26-;/m0./s1. The molecule has 37 heavy (non-hydrogen) atoms. The molecule has 2 fully saturated rings. The van der Waals surface area contributed by atoms with Crippen molar-refractivity contribution in [2.24, 2.45) is 0 Å². The van der Waals surface area contributed by atoms with Crippen LogP contribution in [0.4, 0.5) is 5.69 Å².